The molecule has 0 fully saturated rings. The van der Waals surface area contributed by atoms with E-state index in [2.05, 4.69) is 13.8 Å². The molecule has 0 unspecified atom stereocenters. The molecule has 1 aromatic rings. The molecule has 0 atom stereocenters. The second kappa shape index (κ2) is 5.17. The maximum absolute atomic E-state index is 11.9. The molecule has 0 spiro atoms. The van der Waals surface area contributed by atoms with Gasteiger partial charge in [-0.25, -0.2) is 0 Å². The van der Waals surface area contributed by atoms with Crippen LogP contribution in [0.15, 0.2) is 24.3 Å². The molecule has 0 bridgehead atoms. The normalized spacial score (nSPS) is 10.5. The van der Waals surface area contributed by atoms with E-state index < -0.39 is 0 Å². The van der Waals surface area contributed by atoms with Crippen LogP contribution in [0.1, 0.15) is 24.2 Å². The molecule has 0 N–H and O–H groups in total. The fourth-order valence-electron chi connectivity index (χ4n) is 1.47. The molecule has 0 saturated carbocycles. The molecule has 0 heterocycles. The van der Waals surface area contributed by atoms with Crippen LogP contribution in [0.3, 0.4) is 0 Å². The van der Waals surface area contributed by atoms with Crippen molar-refractivity contribution in [1.82, 2.24) is 4.90 Å². The number of benzene rings is 1. The van der Waals surface area contributed by atoms with Gasteiger partial charge in [-0.2, -0.15) is 0 Å². The topological polar surface area (TPSA) is 20.3 Å². The van der Waals surface area contributed by atoms with Crippen LogP contribution in [0.25, 0.3) is 0 Å². The zero-order chi connectivity index (χ0) is 11.4. The maximum atomic E-state index is 11.9. The minimum absolute atomic E-state index is 0.0192. The van der Waals surface area contributed by atoms with Crippen LogP contribution in [0.4, 0.5) is 0 Å². The van der Waals surface area contributed by atoms with Gasteiger partial charge in [0.2, 0.25) is 0 Å². The Morgan fingerprint density at radius 3 is 2.53 bits per heavy atom. The van der Waals surface area contributed by atoms with E-state index in [0.29, 0.717) is 16.5 Å². The Labute approximate surface area is 95.8 Å². The van der Waals surface area contributed by atoms with Gasteiger partial charge in [0.05, 0.1) is 10.6 Å². The number of carbonyl (C=O) groups excluding carboxylic acids is 1. The predicted octanol–water partition coefficient (Wildman–Crippen LogP) is 3.07. The highest BCUT2D eigenvalue weighted by Crippen LogP contribution is 2.16. The summed E-state index contributed by atoms with van der Waals surface area (Å²) >= 11 is 5.95. The largest absolute Gasteiger partial charge is 0.341 e. The van der Waals surface area contributed by atoms with Crippen molar-refractivity contribution < 1.29 is 4.79 Å². The smallest absolute Gasteiger partial charge is 0.255 e. The van der Waals surface area contributed by atoms with Crippen LogP contribution in [0, 0.1) is 5.92 Å². The molecule has 0 aliphatic rings. The Hall–Kier alpha value is -1.02. The number of nitrogens with zero attached hydrogens (tertiary/aromatic N) is 1. The van der Waals surface area contributed by atoms with Crippen LogP contribution in [-0.4, -0.2) is 24.4 Å². The standard InChI is InChI=1S/C12H16ClNO/c1-9(2)8-14(3)12(15)10-6-4-5-7-11(10)13/h4-7,9H,8H2,1-3H3. The van der Waals surface area contributed by atoms with Crippen molar-refractivity contribution >= 4 is 17.5 Å². The van der Waals surface area contributed by atoms with Gasteiger partial charge in [0.25, 0.3) is 5.91 Å². The summed E-state index contributed by atoms with van der Waals surface area (Å²) in [5.41, 5.74) is 0.572. The zero-order valence-corrected chi connectivity index (χ0v) is 10.1. The molecular weight excluding hydrogens is 210 g/mol. The first kappa shape index (κ1) is 12.1. The van der Waals surface area contributed by atoms with E-state index in [4.69, 9.17) is 11.6 Å². The van der Waals surface area contributed by atoms with E-state index in [1.807, 2.05) is 12.1 Å². The van der Waals surface area contributed by atoms with Crippen molar-refractivity contribution in [3.05, 3.63) is 34.9 Å². The Bertz CT molecular complexity index is 349. The summed E-state index contributed by atoms with van der Waals surface area (Å²) in [7, 11) is 1.80. The van der Waals surface area contributed by atoms with Gasteiger partial charge in [0.15, 0.2) is 0 Å². The van der Waals surface area contributed by atoms with Gasteiger partial charge in [-0.3, -0.25) is 4.79 Å². The molecule has 1 aromatic carbocycles. The fraction of sp³-hybridized carbons (Fsp3) is 0.417. The van der Waals surface area contributed by atoms with Crippen molar-refractivity contribution in [1.29, 1.82) is 0 Å². The molecule has 0 saturated heterocycles. The van der Waals surface area contributed by atoms with Gasteiger partial charge >= 0.3 is 0 Å². The lowest BCUT2D eigenvalue weighted by Crippen LogP contribution is -2.30. The summed E-state index contributed by atoms with van der Waals surface area (Å²) in [6.07, 6.45) is 0. The first-order chi connectivity index (χ1) is 7.02. The van der Waals surface area contributed by atoms with Crippen LogP contribution in [-0.2, 0) is 0 Å². The Morgan fingerprint density at radius 1 is 1.40 bits per heavy atom. The molecule has 15 heavy (non-hydrogen) atoms. The number of hydrogen-bond donors (Lipinski definition) is 0. The summed E-state index contributed by atoms with van der Waals surface area (Å²) in [6.45, 7) is 4.90. The number of halogens is 1. The maximum Gasteiger partial charge on any atom is 0.255 e. The van der Waals surface area contributed by atoms with Crippen molar-refractivity contribution in [3.8, 4) is 0 Å². The predicted molar refractivity (Wildman–Crippen MR) is 63.3 cm³/mol. The molecule has 0 aromatic heterocycles. The Balaban J connectivity index is 2.81. The highest BCUT2D eigenvalue weighted by atomic mass is 35.5. The molecule has 2 nitrogen and oxygen atoms in total. The number of carbonyl (C=O) groups is 1. The van der Waals surface area contributed by atoms with Gasteiger partial charge in [0, 0.05) is 13.6 Å². The van der Waals surface area contributed by atoms with Crippen molar-refractivity contribution in [2.24, 2.45) is 5.92 Å². The lowest BCUT2D eigenvalue weighted by molar-refractivity contribution is 0.0779. The summed E-state index contributed by atoms with van der Waals surface area (Å²) in [6, 6.07) is 7.13. The molecule has 0 radical (unpaired) electrons. The molecule has 1 rings (SSSR count). The summed E-state index contributed by atoms with van der Waals surface area (Å²) in [5, 5.41) is 0.512. The van der Waals surface area contributed by atoms with Crippen LogP contribution in [0.2, 0.25) is 5.02 Å². The number of rotatable bonds is 3. The second-order valence-electron chi connectivity index (χ2n) is 4.06. The van der Waals surface area contributed by atoms with Crippen LogP contribution in [0.5, 0.6) is 0 Å². The zero-order valence-electron chi connectivity index (χ0n) is 9.33. The van der Waals surface area contributed by atoms with E-state index in [1.54, 1.807) is 24.1 Å². The first-order valence-electron chi connectivity index (χ1n) is 5.02. The summed E-state index contributed by atoms with van der Waals surface area (Å²) in [5.74, 6) is 0.440. The van der Waals surface area contributed by atoms with Crippen molar-refractivity contribution in [2.45, 2.75) is 13.8 Å². The van der Waals surface area contributed by atoms with Gasteiger partial charge in [-0.1, -0.05) is 37.6 Å². The lowest BCUT2D eigenvalue weighted by Gasteiger charge is -2.19. The summed E-state index contributed by atoms with van der Waals surface area (Å²) < 4.78 is 0. The quantitative estimate of drug-likeness (QED) is 0.774. The molecule has 1 amide bonds. The SMILES string of the molecule is CC(C)CN(C)C(=O)c1ccccc1Cl. The van der Waals surface area contributed by atoms with Gasteiger partial charge in [-0.15, -0.1) is 0 Å². The molecule has 0 aliphatic heterocycles. The van der Waals surface area contributed by atoms with E-state index in [1.165, 1.54) is 0 Å². The monoisotopic (exact) mass is 225 g/mol. The van der Waals surface area contributed by atoms with Crippen molar-refractivity contribution in [2.75, 3.05) is 13.6 Å². The molecule has 3 heteroatoms. The first-order valence-corrected chi connectivity index (χ1v) is 5.40. The average molecular weight is 226 g/mol. The fourth-order valence-corrected chi connectivity index (χ4v) is 1.69. The Kier molecular flexibility index (Phi) is 4.15. The Morgan fingerprint density at radius 2 is 2.00 bits per heavy atom. The minimum atomic E-state index is -0.0192. The average Bonchev–Trinajstić information content (AvgIpc) is 2.16. The van der Waals surface area contributed by atoms with E-state index >= 15 is 0 Å². The van der Waals surface area contributed by atoms with Crippen LogP contribution < -0.4 is 0 Å². The van der Waals surface area contributed by atoms with E-state index in [-0.39, 0.29) is 5.91 Å². The van der Waals surface area contributed by atoms with Gasteiger partial charge in [-0.05, 0) is 18.1 Å². The number of amides is 1. The van der Waals surface area contributed by atoms with Crippen LogP contribution >= 0.6 is 11.6 Å². The summed E-state index contributed by atoms with van der Waals surface area (Å²) in [4.78, 5) is 13.6. The third-order valence-electron chi connectivity index (χ3n) is 2.09. The van der Waals surface area contributed by atoms with Gasteiger partial charge in [0.1, 0.15) is 0 Å². The molecule has 0 aliphatic carbocycles. The third-order valence-corrected chi connectivity index (χ3v) is 2.42. The second-order valence-corrected chi connectivity index (χ2v) is 4.47. The van der Waals surface area contributed by atoms with E-state index in [0.717, 1.165) is 6.54 Å². The minimum Gasteiger partial charge on any atom is -0.341 e. The number of hydrogen-bond acceptors (Lipinski definition) is 1. The molecular formula is C12H16ClNO. The highest BCUT2D eigenvalue weighted by molar-refractivity contribution is 6.33. The van der Waals surface area contributed by atoms with Gasteiger partial charge < -0.3 is 4.90 Å². The van der Waals surface area contributed by atoms with E-state index in [9.17, 15) is 4.79 Å². The lowest BCUT2D eigenvalue weighted by atomic mass is 10.1. The third kappa shape index (κ3) is 3.24. The van der Waals surface area contributed by atoms with Crippen molar-refractivity contribution in [3.63, 3.8) is 0 Å². The highest BCUT2D eigenvalue weighted by Gasteiger charge is 2.14. The molecule has 82 valence electrons.